The number of nitrogens with one attached hydrogen (secondary N) is 1. The Balaban J connectivity index is 1.48. The summed E-state index contributed by atoms with van der Waals surface area (Å²) in [4.78, 5) is 37.5. The summed E-state index contributed by atoms with van der Waals surface area (Å²) in [5, 5.41) is 12.5. The van der Waals surface area contributed by atoms with Crippen LogP contribution in [0.3, 0.4) is 0 Å². The van der Waals surface area contributed by atoms with Crippen LogP contribution < -0.4 is 5.32 Å². The number of aryl methyl sites for hydroxylation is 1. The predicted molar refractivity (Wildman–Crippen MR) is 87.1 cm³/mol. The molecule has 1 aliphatic heterocycles. The summed E-state index contributed by atoms with van der Waals surface area (Å²) in [6.07, 6.45) is 3.69. The smallest absolute Gasteiger partial charge is 0.321 e. The second-order valence-electron chi connectivity index (χ2n) is 7.16. The van der Waals surface area contributed by atoms with Crippen LogP contribution in [0.25, 0.3) is 0 Å². The summed E-state index contributed by atoms with van der Waals surface area (Å²) in [5.41, 5.74) is 1.61. The molecule has 1 saturated heterocycles. The lowest BCUT2D eigenvalue weighted by Crippen LogP contribution is -2.38. The quantitative estimate of drug-likeness (QED) is 0.873. The third kappa shape index (κ3) is 2.20. The Kier molecular flexibility index (Phi) is 3.37. The number of aliphatic carboxylic acids is 1. The van der Waals surface area contributed by atoms with E-state index in [1.54, 1.807) is 17.0 Å². The summed E-state index contributed by atoms with van der Waals surface area (Å²) in [6.45, 7) is 0.782. The van der Waals surface area contributed by atoms with Crippen molar-refractivity contribution in [2.24, 2.45) is 11.3 Å². The van der Waals surface area contributed by atoms with Gasteiger partial charge in [0.25, 0.3) is 0 Å². The first-order chi connectivity index (χ1) is 11.5. The molecule has 2 aliphatic carbocycles. The van der Waals surface area contributed by atoms with E-state index in [9.17, 15) is 19.5 Å². The van der Waals surface area contributed by atoms with Crippen LogP contribution in [0.1, 0.15) is 41.6 Å². The second-order valence-corrected chi connectivity index (χ2v) is 7.16. The number of amides is 2. The van der Waals surface area contributed by atoms with Crippen LogP contribution >= 0.6 is 0 Å². The molecule has 0 spiro atoms. The summed E-state index contributed by atoms with van der Waals surface area (Å²) >= 11 is 0. The molecular formula is C18H20N2O4. The monoisotopic (exact) mass is 328 g/mol. The zero-order chi connectivity index (χ0) is 16.9. The molecule has 1 saturated carbocycles. The number of benzene rings is 1. The molecule has 1 aromatic carbocycles. The average Bonchev–Trinajstić information content (AvgIpc) is 3.20. The van der Waals surface area contributed by atoms with E-state index in [4.69, 9.17) is 0 Å². The molecule has 2 N–H and O–H groups in total. The van der Waals surface area contributed by atoms with Gasteiger partial charge in [0.15, 0.2) is 5.78 Å². The van der Waals surface area contributed by atoms with Crippen LogP contribution in [-0.4, -0.2) is 40.9 Å². The van der Waals surface area contributed by atoms with Crippen LogP contribution in [-0.2, 0) is 11.2 Å². The number of carboxylic acids is 1. The number of fused-ring (bicyclic) bond motifs is 2. The van der Waals surface area contributed by atoms with E-state index in [1.165, 1.54) is 0 Å². The van der Waals surface area contributed by atoms with Crippen LogP contribution in [0, 0.1) is 11.3 Å². The maximum Gasteiger partial charge on any atom is 0.321 e. The zero-order valence-electron chi connectivity index (χ0n) is 13.4. The first-order valence-corrected chi connectivity index (χ1v) is 8.45. The van der Waals surface area contributed by atoms with Crippen molar-refractivity contribution in [1.29, 1.82) is 0 Å². The van der Waals surface area contributed by atoms with E-state index in [-0.39, 0.29) is 24.3 Å². The van der Waals surface area contributed by atoms with Gasteiger partial charge in [0.2, 0.25) is 0 Å². The Morgan fingerprint density at radius 2 is 2.12 bits per heavy atom. The Bertz CT molecular complexity index is 745. The zero-order valence-corrected chi connectivity index (χ0v) is 13.4. The van der Waals surface area contributed by atoms with Crippen molar-refractivity contribution in [3.8, 4) is 0 Å². The van der Waals surface area contributed by atoms with Gasteiger partial charge in [0, 0.05) is 30.8 Å². The molecule has 126 valence electrons. The largest absolute Gasteiger partial charge is 0.481 e. The van der Waals surface area contributed by atoms with E-state index in [1.807, 2.05) is 6.07 Å². The lowest BCUT2D eigenvalue weighted by molar-refractivity contribution is -0.149. The van der Waals surface area contributed by atoms with Gasteiger partial charge in [-0.3, -0.25) is 9.59 Å². The highest BCUT2D eigenvalue weighted by Crippen LogP contribution is 2.48. The highest BCUT2D eigenvalue weighted by molar-refractivity contribution is 6.01. The van der Waals surface area contributed by atoms with E-state index in [2.05, 4.69) is 5.32 Å². The van der Waals surface area contributed by atoms with E-state index in [0.717, 1.165) is 24.0 Å². The van der Waals surface area contributed by atoms with Gasteiger partial charge >= 0.3 is 12.0 Å². The van der Waals surface area contributed by atoms with Crippen molar-refractivity contribution in [2.75, 3.05) is 18.4 Å². The number of likely N-dealkylation sites (tertiary alicyclic amines) is 1. The normalized spacial score (nSPS) is 27.9. The van der Waals surface area contributed by atoms with Crippen molar-refractivity contribution >= 4 is 23.5 Å². The molecular weight excluding hydrogens is 308 g/mol. The third-order valence-corrected chi connectivity index (χ3v) is 5.86. The molecule has 6 nitrogen and oxygen atoms in total. The Morgan fingerprint density at radius 1 is 1.29 bits per heavy atom. The van der Waals surface area contributed by atoms with Crippen molar-refractivity contribution in [1.82, 2.24) is 4.90 Å². The van der Waals surface area contributed by atoms with E-state index in [0.29, 0.717) is 31.5 Å². The number of ketones is 1. The van der Waals surface area contributed by atoms with Crippen LogP contribution in [0.5, 0.6) is 0 Å². The number of nitrogens with zero attached hydrogens (tertiary/aromatic N) is 1. The number of carboxylic acid groups (broad SMARTS) is 1. The minimum atomic E-state index is -0.781. The van der Waals surface area contributed by atoms with E-state index < -0.39 is 11.4 Å². The first-order valence-electron chi connectivity index (χ1n) is 8.45. The lowest BCUT2D eigenvalue weighted by Gasteiger charge is -2.23. The Labute approximate surface area is 139 Å². The molecule has 1 aromatic rings. The minimum Gasteiger partial charge on any atom is -0.481 e. The molecule has 24 heavy (non-hydrogen) atoms. The number of hydrogen-bond acceptors (Lipinski definition) is 3. The van der Waals surface area contributed by atoms with Crippen LogP contribution in [0.4, 0.5) is 10.5 Å². The third-order valence-electron chi connectivity index (χ3n) is 5.86. The van der Waals surface area contributed by atoms with Crippen molar-refractivity contribution in [2.45, 2.75) is 32.1 Å². The fraction of sp³-hybridized carbons (Fsp3) is 0.500. The highest BCUT2D eigenvalue weighted by atomic mass is 16.4. The molecule has 2 fully saturated rings. The first kappa shape index (κ1) is 15.2. The summed E-state index contributed by atoms with van der Waals surface area (Å²) < 4.78 is 0. The molecule has 3 aliphatic rings. The molecule has 0 aromatic heterocycles. The highest BCUT2D eigenvalue weighted by Gasteiger charge is 2.55. The van der Waals surface area contributed by atoms with Gasteiger partial charge in [-0.05, 0) is 48.9 Å². The van der Waals surface area contributed by atoms with Gasteiger partial charge < -0.3 is 15.3 Å². The lowest BCUT2D eigenvalue weighted by atomic mass is 9.81. The summed E-state index contributed by atoms with van der Waals surface area (Å²) in [5.74, 6) is -0.576. The molecule has 4 rings (SSSR count). The molecule has 0 unspecified atom stereocenters. The van der Waals surface area contributed by atoms with Crippen molar-refractivity contribution in [3.63, 3.8) is 0 Å². The number of carbonyl (C=O) groups excluding carboxylic acids is 2. The SMILES string of the molecule is O=C1CCc2cc(NC(=O)N3C[C@@H]4CCC[C@@]4(C(=O)O)C3)ccc21. The average molecular weight is 328 g/mol. The molecule has 1 heterocycles. The molecule has 0 radical (unpaired) electrons. The Hall–Kier alpha value is -2.37. The van der Waals surface area contributed by atoms with Gasteiger partial charge in [0.05, 0.1) is 5.41 Å². The number of urea groups is 1. The molecule has 6 heteroatoms. The van der Waals surface area contributed by atoms with Crippen LogP contribution in [0.15, 0.2) is 18.2 Å². The van der Waals surface area contributed by atoms with Crippen molar-refractivity contribution < 1.29 is 19.5 Å². The number of anilines is 1. The van der Waals surface area contributed by atoms with Gasteiger partial charge in [-0.15, -0.1) is 0 Å². The van der Waals surface area contributed by atoms with Crippen molar-refractivity contribution in [3.05, 3.63) is 29.3 Å². The fourth-order valence-corrected chi connectivity index (χ4v) is 4.53. The number of carbonyl (C=O) groups is 3. The summed E-state index contributed by atoms with van der Waals surface area (Å²) in [7, 11) is 0. The van der Waals surface area contributed by atoms with Gasteiger partial charge in [-0.1, -0.05) is 6.42 Å². The van der Waals surface area contributed by atoms with Gasteiger partial charge in [-0.2, -0.15) is 0 Å². The minimum absolute atomic E-state index is 0.0541. The Morgan fingerprint density at radius 3 is 2.88 bits per heavy atom. The fourth-order valence-electron chi connectivity index (χ4n) is 4.53. The maximum absolute atomic E-state index is 12.5. The van der Waals surface area contributed by atoms with Crippen LogP contribution in [0.2, 0.25) is 0 Å². The second kappa shape index (κ2) is 5.33. The number of Topliss-reactive ketones (excluding diaryl/α,β-unsaturated/α-hetero) is 1. The summed E-state index contributed by atoms with van der Waals surface area (Å²) in [6, 6.07) is 5.10. The standard InChI is InChI=1S/C18H20N2O4/c21-15-6-3-11-8-13(4-5-14(11)15)19-17(24)20-9-12-2-1-7-18(12,10-20)16(22)23/h4-5,8,12H,1-3,6-7,9-10H2,(H,19,24)(H,22,23)/t12-,18+/m0/s1. The number of rotatable bonds is 2. The topological polar surface area (TPSA) is 86.7 Å². The van der Waals surface area contributed by atoms with Gasteiger partial charge in [0.1, 0.15) is 0 Å². The maximum atomic E-state index is 12.5. The van der Waals surface area contributed by atoms with E-state index >= 15 is 0 Å². The predicted octanol–water partition coefficient (Wildman–Crippen LogP) is 2.53. The molecule has 0 bridgehead atoms. The van der Waals surface area contributed by atoms with Gasteiger partial charge in [-0.25, -0.2) is 4.79 Å². The number of hydrogen-bond donors (Lipinski definition) is 2. The molecule has 2 atom stereocenters. The molecule has 2 amide bonds.